The molecule has 0 aliphatic carbocycles. The van der Waals surface area contributed by atoms with E-state index in [1.165, 1.54) is 17.7 Å². The summed E-state index contributed by atoms with van der Waals surface area (Å²) in [7, 11) is 0. The molecule has 2 rings (SSSR count). The molecule has 2 unspecified atom stereocenters. The van der Waals surface area contributed by atoms with Crippen LogP contribution >= 0.6 is 15.9 Å². The van der Waals surface area contributed by atoms with Crippen molar-refractivity contribution >= 4 is 15.9 Å². The largest absolute Gasteiger partial charge is 0.303 e. The van der Waals surface area contributed by atoms with Gasteiger partial charge in [0.05, 0.1) is 0 Å². The maximum Gasteiger partial charge on any atom is 0.123 e. The van der Waals surface area contributed by atoms with Crippen LogP contribution < -0.4 is 5.32 Å². The van der Waals surface area contributed by atoms with Gasteiger partial charge in [0, 0.05) is 16.6 Å². The van der Waals surface area contributed by atoms with Gasteiger partial charge < -0.3 is 5.32 Å². The molecule has 0 aliphatic rings. The van der Waals surface area contributed by atoms with Crippen LogP contribution in [0.15, 0.2) is 53.0 Å². The van der Waals surface area contributed by atoms with E-state index in [9.17, 15) is 4.39 Å². The van der Waals surface area contributed by atoms with Crippen molar-refractivity contribution in [2.75, 3.05) is 0 Å². The van der Waals surface area contributed by atoms with Gasteiger partial charge in [-0.05, 0) is 48.2 Å². The molecule has 0 bridgehead atoms. The van der Waals surface area contributed by atoms with Crippen molar-refractivity contribution in [2.45, 2.75) is 38.8 Å². The first-order valence-corrected chi connectivity index (χ1v) is 8.20. The predicted octanol–water partition coefficient (Wildman–Crippen LogP) is 5.78. The smallest absolute Gasteiger partial charge is 0.123 e. The highest BCUT2D eigenvalue weighted by atomic mass is 79.9. The lowest BCUT2D eigenvalue weighted by Gasteiger charge is -2.25. The Morgan fingerprint density at radius 2 is 1.29 bits per heavy atom. The van der Waals surface area contributed by atoms with E-state index in [0.717, 1.165) is 22.9 Å². The predicted molar refractivity (Wildman–Crippen MR) is 89.7 cm³/mol. The minimum Gasteiger partial charge on any atom is -0.303 e. The summed E-state index contributed by atoms with van der Waals surface area (Å²) in [6.07, 6.45) is 1.98. The molecule has 0 saturated carbocycles. The minimum atomic E-state index is -0.187. The molecule has 0 radical (unpaired) electrons. The minimum absolute atomic E-state index is 0.187. The molecule has 0 fully saturated rings. The topological polar surface area (TPSA) is 12.0 Å². The monoisotopic (exact) mass is 349 g/mol. The Morgan fingerprint density at radius 3 is 1.71 bits per heavy atom. The van der Waals surface area contributed by atoms with Crippen LogP contribution in [0, 0.1) is 5.82 Å². The Morgan fingerprint density at radius 1 is 0.857 bits per heavy atom. The molecule has 0 aliphatic heterocycles. The third kappa shape index (κ3) is 4.39. The Labute approximate surface area is 134 Å². The number of rotatable bonds is 6. The molecule has 2 aromatic rings. The van der Waals surface area contributed by atoms with Gasteiger partial charge in [-0.2, -0.15) is 0 Å². The molecule has 0 spiro atoms. The number of hydrogen-bond acceptors (Lipinski definition) is 1. The molecule has 3 heteroatoms. The number of benzene rings is 2. The zero-order valence-electron chi connectivity index (χ0n) is 12.4. The van der Waals surface area contributed by atoms with Crippen LogP contribution in [0.3, 0.4) is 0 Å². The SMILES string of the molecule is CCC(NC(CC)c1ccc(Br)cc1)c1ccc(F)cc1. The van der Waals surface area contributed by atoms with E-state index in [2.05, 4.69) is 59.4 Å². The Bertz CT molecular complexity index is 499. The third-order valence-corrected chi connectivity index (χ3v) is 4.29. The molecule has 0 heterocycles. The lowest BCUT2D eigenvalue weighted by molar-refractivity contribution is 0.425. The van der Waals surface area contributed by atoms with E-state index in [1.54, 1.807) is 0 Å². The molecule has 0 aromatic heterocycles. The summed E-state index contributed by atoms with van der Waals surface area (Å²) in [4.78, 5) is 0. The zero-order valence-corrected chi connectivity index (χ0v) is 14.0. The van der Waals surface area contributed by atoms with Crippen molar-refractivity contribution in [2.24, 2.45) is 0 Å². The maximum absolute atomic E-state index is 13.1. The molecule has 2 atom stereocenters. The van der Waals surface area contributed by atoms with Crippen LogP contribution in [-0.4, -0.2) is 0 Å². The average Bonchev–Trinajstić information content (AvgIpc) is 2.51. The summed E-state index contributed by atoms with van der Waals surface area (Å²) in [6.45, 7) is 4.33. The molecule has 0 saturated heterocycles. The van der Waals surface area contributed by atoms with Crippen LogP contribution in [0.5, 0.6) is 0 Å². The molecular weight excluding hydrogens is 329 g/mol. The van der Waals surface area contributed by atoms with Crippen molar-refractivity contribution in [3.63, 3.8) is 0 Å². The van der Waals surface area contributed by atoms with Crippen LogP contribution in [0.4, 0.5) is 4.39 Å². The van der Waals surface area contributed by atoms with E-state index in [1.807, 2.05) is 12.1 Å². The molecule has 2 aromatic carbocycles. The van der Waals surface area contributed by atoms with Crippen LogP contribution in [0.2, 0.25) is 0 Å². The quantitative estimate of drug-likeness (QED) is 0.696. The summed E-state index contributed by atoms with van der Waals surface area (Å²) < 4.78 is 14.2. The summed E-state index contributed by atoms with van der Waals surface area (Å²) in [6, 6.07) is 15.7. The Balaban J connectivity index is 2.15. The van der Waals surface area contributed by atoms with E-state index in [0.29, 0.717) is 6.04 Å². The average molecular weight is 350 g/mol. The van der Waals surface area contributed by atoms with Gasteiger partial charge in [0.15, 0.2) is 0 Å². The lowest BCUT2D eigenvalue weighted by Crippen LogP contribution is -2.25. The van der Waals surface area contributed by atoms with E-state index >= 15 is 0 Å². The van der Waals surface area contributed by atoms with Crippen LogP contribution in [0.1, 0.15) is 49.9 Å². The lowest BCUT2D eigenvalue weighted by atomic mass is 9.99. The van der Waals surface area contributed by atoms with E-state index in [-0.39, 0.29) is 11.9 Å². The fourth-order valence-electron chi connectivity index (χ4n) is 2.53. The second-order valence-corrected chi connectivity index (χ2v) is 6.11. The van der Waals surface area contributed by atoms with Gasteiger partial charge in [0.1, 0.15) is 5.82 Å². The fraction of sp³-hybridized carbons (Fsp3) is 0.333. The Hall–Kier alpha value is -1.19. The van der Waals surface area contributed by atoms with Gasteiger partial charge in [0.25, 0.3) is 0 Å². The van der Waals surface area contributed by atoms with Crippen molar-refractivity contribution in [3.05, 3.63) is 69.9 Å². The van der Waals surface area contributed by atoms with Crippen LogP contribution in [-0.2, 0) is 0 Å². The molecule has 0 amide bonds. The number of hydrogen-bond donors (Lipinski definition) is 1. The van der Waals surface area contributed by atoms with Gasteiger partial charge in [-0.25, -0.2) is 4.39 Å². The number of nitrogens with one attached hydrogen (secondary N) is 1. The summed E-state index contributed by atoms with van der Waals surface area (Å²) >= 11 is 3.47. The molecule has 1 nitrogen and oxygen atoms in total. The summed E-state index contributed by atoms with van der Waals surface area (Å²) in [5, 5.41) is 3.69. The first-order chi connectivity index (χ1) is 10.1. The van der Waals surface area contributed by atoms with Crippen molar-refractivity contribution < 1.29 is 4.39 Å². The third-order valence-electron chi connectivity index (χ3n) is 3.76. The van der Waals surface area contributed by atoms with Gasteiger partial charge in [-0.15, -0.1) is 0 Å². The summed E-state index contributed by atoms with van der Waals surface area (Å²) in [5.41, 5.74) is 2.41. The van der Waals surface area contributed by atoms with Gasteiger partial charge in [0.2, 0.25) is 0 Å². The van der Waals surface area contributed by atoms with Crippen molar-refractivity contribution in [1.82, 2.24) is 5.32 Å². The molecule has 1 N–H and O–H groups in total. The van der Waals surface area contributed by atoms with Gasteiger partial charge >= 0.3 is 0 Å². The molecular formula is C18H21BrFN. The maximum atomic E-state index is 13.1. The van der Waals surface area contributed by atoms with E-state index in [4.69, 9.17) is 0 Å². The van der Waals surface area contributed by atoms with Crippen LogP contribution in [0.25, 0.3) is 0 Å². The van der Waals surface area contributed by atoms with Gasteiger partial charge in [-0.1, -0.05) is 54.0 Å². The second kappa shape index (κ2) is 7.71. The highest BCUT2D eigenvalue weighted by molar-refractivity contribution is 9.10. The normalized spacial score (nSPS) is 13.9. The second-order valence-electron chi connectivity index (χ2n) is 5.19. The summed E-state index contributed by atoms with van der Waals surface area (Å²) in [5.74, 6) is -0.187. The molecule has 112 valence electrons. The highest BCUT2D eigenvalue weighted by Gasteiger charge is 2.16. The standard InChI is InChI=1S/C18H21BrFN/c1-3-17(13-5-9-15(19)10-6-13)21-18(4-2)14-7-11-16(20)12-8-14/h5-12,17-18,21H,3-4H2,1-2H3. The van der Waals surface area contributed by atoms with Crippen molar-refractivity contribution in [1.29, 1.82) is 0 Å². The Kier molecular flexibility index (Phi) is 5.95. The highest BCUT2D eigenvalue weighted by Crippen LogP contribution is 2.25. The molecule has 21 heavy (non-hydrogen) atoms. The first-order valence-electron chi connectivity index (χ1n) is 7.41. The number of halogens is 2. The zero-order chi connectivity index (χ0) is 15.2. The first kappa shape index (κ1) is 16.2. The van der Waals surface area contributed by atoms with Gasteiger partial charge in [-0.3, -0.25) is 0 Å². The fourth-order valence-corrected chi connectivity index (χ4v) is 2.80. The van der Waals surface area contributed by atoms with Crippen molar-refractivity contribution in [3.8, 4) is 0 Å². The van der Waals surface area contributed by atoms with E-state index < -0.39 is 0 Å².